The number of benzene rings is 1. The van der Waals surface area contributed by atoms with E-state index in [9.17, 15) is 0 Å². The predicted octanol–water partition coefficient (Wildman–Crippen LogP) is 3.15. The monoisotopic (exact) mass is 302 g/mol. The summed E-state index contributed by atoms with van der Waals surface area (Å²) in [5.41, 5.74) is 1.80. The average Bonchev–Trinajstić information content (AvgIpc) is 2.99. The van der Waals surface area contributed by atoms with Gasteiger partial charge in [-0.25, -0.2) is 9.97 Å². The lowest BCUT2D eigenvalue weighted by Crippen LogP contribution is -2.11. The second kappa shape index (κ2) is 5.26. The van der Waals surface area contributed by atoms with Crippen molar-refractivity contribution in [2.75, 3.05) is 26.1 Å². The normalized spacial score (nSPS) is 10.9. The van der Waals surface area contributed by atoms with Crippen LogP contribution in [0.5, 0.6) is 5.75 Å². The molecule has 0 radical (unpaired) electrons. The molecule has 6 heteroatoms. The van der Waals surface area contributed by atoms with Crippen molar-refractivity contribution < 1.29 is 4.74 Å². The lowest BCUT2D eigenvalue weighted by Gasteiger charge is -2.16. The van der Waals surface area contributed by atoms with Gasteiger partial charge in [0.15, 0.2) is 0 Å². The molecule has 0 unspecified atom stereocenters. The molecule has 0 saturated heterocycles. The third-order valence-corrected chi connectivity index (χ3v) is 3.58. The van der Waals surface area contributed by atoms with Crippen LogP contribution in [0.2, 0.25) is 5.02 Å². The number of methoxy groups -OCH3 is 1. The Labute approximate surface area is 127 Å². The number of hydrogen-bond acceptors (Lipinski definition) is 4. The first-order valence-corrected chi connectivity index (χ1v) is 6.82. The zero-order valence-electron chi connectivity index (χ0n) is 12.0. The first-order valence-electron chi connectivity index (χ1n) is 6.44. The summed E-state index contributed by atoms with van der Waals surface area (Å²) in [5.74, 6) is 1.48. The summed E-state index contributed by atoms with van der Waals surface area (Å²) in [6, 6.07) is 5.74. The van der Waals surface area contributed by atoms with Crippen LogP contribution >= 0.6 is 11.6 Å². The molecular weight excluding hydrogens is 288 g/mol. The number of imidazole rings is 1. The topological polar surface area (TPSA) is 43.2 Å². The van der Waals surface area contributed by atoms with Gasteiger partial charge in [-0.05, 0) is 12.1 Å². The van der Waals surface area contributed by atoms with Crippen molar-refractivity contribution in [1.82, 2.24) is 14.5 Å². The maximum absolute atomic E-state index is 6.21. The number of nitrogens with zero attached hydrogens (tertiary/aromatic N) is 4. The number of rotatable bonds is 3. The molecule has 108 valence electrons. The van der Waals surface area contributed by atoms with E-state index in [1.54, 1.807) is 19.6 Å². The highest BCUT2D eigenvalue weighted by molar-refractivity contribution is 6.32. The quantitative estimate of drug-likeness (QED) is 0.745. The first kappa shape index (κ1) is 13.7. The van der Waals surface area contributed by atoms with E-state index in [4.69, 9.17) is 16.3 Å². The maximum atomic E-state index is 6.21. The van der Waals surface area contributed by atoms with E-state index in [1.165, 1.54) is 0 Å². The Morgan fingerprint density at radius 2 is 2.05 bits per heavy atom. The van der Waals surface area contributed by atoms with Gasteiger partial charge >= 0.3 is 0 Å². The Balaban J connectivity index is 2.36. The second-order valence-electron chi connectivity index (χ2n) is 4.87. The van der Waals surface area contributed by atoms with Gasteiger partial charge in [0.1, 0.15) is 11.6 Å². The van der Waals surface area contributed by atoms with E-state index in [1.807, 2.05) is 48.0 Å². The fourth-order valence-corrected chi connectivity index (χ4v) is 2.43. The number of hydrogen-bond donors (Lipinski definition) is 0. The van der Waals surface area contributed by atoms with E-state index in [0.29, 0.717) is 10.8 Å². The van der Waals surface area contributed by atoms with Crippen molar-refractivity contribution in [1.29, 1.82) is 0 Å². The number of halogens is 1. The van der Waals surface area contributed by atoms with Crippen LogP contribution in [-0.4, -0.2) is 35.7 Å². The molecule has 0 atom stereocenters. The second-order valence-corrected chi connectivity index (χ2v) is 5.28. The fourth-order valence-electron chi connectivity index (χ4n) is 2.20. The number of anilines is 1. The molecule has 0 aliphatic heterocycles. The molecule has 2 aromatic heterocycles. The minimum Gasteiger partial charge on any atom is -0.495 e. The van der Waals surface area contributed by atoms with Crippen LogP contribution in [-0.2, 0) is 0 Å². The third kappa shape index (κ3) is 2.40. The minimum atomic E-state index is 0.546. The lowest BCUT2D eigenvalue weighted by molar-refractivity contribution is 0.415. The molecule has 5 nitrogen and oxygen atoms in total. The number of pyridine rings is 1. The van der Waals surface area contributed by atoms with Gasteiger partial charge in [0.05, 0.1) is 29.7 Å². The zero-order valence-corrected chi connectivity index (χ0v) is 12.8. The van der Waals surface area contributed by atoms with Gasteiger partial charge in [-0.3, -0.25) is 0 Å². The summed E-state index contributed by atoms with van der Waals surface area (Å²) in [6.45, 7) is 0. The number of aromatic nitrogens is 3. The summed E-state index contributed by atoms with van der Waals surface area (Å²) < 4.78 is 7.26. The smallest absolute Gasteiger partial charge is 0.138 e. The number of ether oxygens (including phenoxy) is 1. The van der Waals surface area contributed by atoms with Gasteiger partial charge in [0.25, 0.3) is 0 Å². The third-order valence-electron chi connectivity index (χ3n) is 3.29. The van der Waals surface area contributed by atoms with Crippen LogP contribution < -0.4 is 9.64 Å². The molecule has 21 heavy (non-hydrogen) atoms. The molecular formula is C15H15ClN4O. The summed E-state index contributed by atoms with van der Waals surface area (Å²) in [5, 5.41) is 1.50. The minimum absolute atomic E-state index is 0.546. The van der Waals surface area contributed by atoms with E-state index in [0.717, 1.165) is 22.4 Å². The van der Waals surface area contributed by atoms with E-state index >= 15 is 0 Å². The molecule has 0 amide bonds. The Bertz CT molecular complexity index is 784. The van der Waals surface area contributed by atoms with Crippen molar-refractivity contribution in [2.45, 2.75) is 0 Å². The Hall–Kier alpha value is -2.27. The van der Waals surface area contributed by atoms with Crippen molar-refractivity contribution >= 4 is 28.3 Å². The summed E-state index contributed by atoms with van der Waals surface area (Å²) in [6.07, 6.45) is 5.40. The van der Waals surface area contributed by atoms with Crippen LogP contribution in [0.4, 0.5) is 5.82 Å². The average molecular weight is 303 g/mol. The van der Waals surface area contributed by atoms with Crippen molar-refractivity contribution in [2.24, 2.45) is 0 Å². The zero-order chi connectivity index (χ0) is 15.0. The van der Waals surface area contributed by atoms with Crippen LogP contribution in [0.3, 0.4) is 0 Å². The highest BCUT2D eigenvalue weighted by Gasteiger charge is 2.12. The summed E-state index contributed by atoms with van der Waals surface area (Å²) >= 11 is 6.21. The molecule has 3 rings (SSSR count). The molecule has 0 aliphatic carbocycles. The van der Waals surface area contributed by atoms with Gasteiger partial charge in [-0.1, -0.05) is 11.6 Å². The summed E-state index contributed by atoms with van der Waals surface area (Å²) in [7, 11) is 5.51. The standard InChI is InChI=1S/C15H15ClN4O/c1-19(2)15-8-13(20-5-4-17-9-20)10-6-14(21-3)11(16)7-12(10)18-15/h4-9H,1-3H3. The number of fused-ring (bicyclic) bond motifs is 1. The highest BCUT2D eigenvalue weighted by atomic mass is 35.5. The fraction of sp³-hybridized carbons (Fsp3) is 0.200. The van der Waals surface area contributed by atoms with Gasteiger partial charge in [0, 0.05) is 37.9 Å². The Morgan fingerprint density at radius 1 is 1.24 bits per heavy atom. The molecule has 0 aliphatic rings. The van der Waals surface area contributed by atoms with Crippen LogP contribution in [0.15, 0.2) is 36.9 Å². The maximum Gasteiger partial charge on any atom is 0.138 e. The van der Waals surface area contributed by atoms with Gasteiger partial charge in [-0.15, -0.1) is 0 Å². The Morgan fingerprint density at radius 3 is 2.67 bits per heavy atom. The van der Waals surface area contributed by atoms with E-state index in [-0.39, 0.29) is 0 Å². The van der Waals surface area contributed by atoms with Gasteiger partial charge in [-0.2, -0.15) is 0 Å². The van der Waals surface area contributed by atoms with Gasteiger partial charge in [0.2, 0.25) is 0 Å². The van der Waals surface area contributed by atoms with E-state index in [2.05, 4.69) is 9.97 Å². The molecule has 0 spiro atoms. The first-order chi connectivity index (χ1) is 10.1. The molecule has 1 aromatic carbocycles. The molecule has 3 aromatic rings. The molecule has 0 N–H and O–H groups in total. The van der Waals surface area contributed by atoms with E-state index < -0.39 is 0 Å². The largest absolute Gasteiger partial charge is 0.495 e. The van der Waals surface area contributed by atoms with Crippen LogP contribution in [0.1, 0.15) is 0 Å². The van der Waals surface area contributed by atoms with Crippen LogP contribution in [0, 0.1) is 0 Å². The molecule has 0 fully saturated rings. The van der Waals surface area contributed by atoms with Crippen LogP contribution in [0.25, 0.3) is 16.6 Å². The highest BCUT2D eigenvalue weighted by Crippen LogP contribution is 2.33. The lowest BCUT2D eigenvalue weighted by atomic mass is 10.1. The van der Waals surface area contributed by atoms with Crippen molar-refractivity contribution in [3.05, 3.63) is 41.9 Å². The molecule has 0 bridgehead atoms. The Kier molecular flexibility index (Phi) is 3.43. The van der Waals surface area contributed by atoms with Crippen molar-refractivity contribution in [3.8, 4) is 11.4 Å². The van der Waals surface area contributed by atoms with Gasteiger partial charge < -0.3 is 14.2 Å². The molecule has 0 saturated carbocycles. The van der Waals surface area contributed by atoms with Crippen molar-refractivity contribution in [3.63, 3.8) is 0 Å². The SMILES string of the molecule is COc1cc2c(-n3ccnc3)cc(N(C)C)nc2cc1Cl. The summed E-state index contributed by atoms with van der Waals surface area (Å²) in [4.78, 5) is 10.7. The molecule has 2 heterocycles. The predicted molar refractivity (Wildman–Crippen MR) is 84.8 cm³/mol.